The Bertz CT molecular complexity index is 337. The lowest BCUT2D eigenvalue weighted by Gasteiger charge is -2.00. The summed E-state index contributed by atoms with van der Waals surface area (Å²) in [6, 6.07) is 0. The first-order chi connectivity index (χ1) is 6.11. The van der Waals surface area contributed by atoms with E-state index < -0.39 is 0 Å². The van der Waals surface area contributed by atoms with Crippen LogP contribution >= 0.6 is 43.2 Å². The molecule has 1 N–H and O–H groups in total. The summed E-state index contributed by atoms with van der Waals surface area (Å²) in [6.45, 7) is 4.03. The van der Waals surface area contributed by atoms with Crippen LogP contribution in [0.5, 0.6) is 0 Å². The first-order valence-corrected chi connectivity index (χ1v) is 5.78. The number of thiazole rings is 1. The van der Waals surface area contributed by atoms with Gasteiger partial charge in [-0.3, -0.25) is 4.79 Å². The summed E-state index contributed by atoms with van der Waals surface area (Å²) < 4.78 is 1.32. The minimum absolute atomic E-state index is 0.144. The molecule has 0 aliphatic carbocycles. The van der Waals surface area contributed by atoms with Gasteiger partial charge in [0.25, 0.3) is 5.91 Å². The zero-order valence-electron chi connectivity index (χ0n) is 6.51. The quantitative estimate of drug-likeness (QED) is 0.928. The Morgan fingerprint density at radius 2 is 2.46 bits per heavy atom. The summed E-state index contributed by atoms with van der Waals surface area (Å²) in [6.07, 6.45) is 0. The molecule has 0 aromatic carbocycles. The van der Waals surface area contributed by atoms with Crippen LogP contribution in [0.25, 0.3) is 0 Å². The third-order valence-electron chi connectivity index (χ3n) is 1.17. The Labute approximate surface area is 96.5 Å². The molecule has 13 heavy (non-hydrogen) atoms. The van der Waals surface area contributed by atoms with Crippen LogP contribution in [0.2, 0.25) is 0 Å². The molecule has 0 unspecified atom stereocenters. The monoisotopic (exact) mass is 324 g/mol. The highest BCUT2D eigenvalue weighted by molar-refractivity contribution is 9.11. The summed E-state index contributed by atoms with van der Waals surface area (Å²) in [5, 5.41) is 2.68. The molecular formula is C7H6Br2N2OS. The van der Waals surface area contributed by atoms with Gasteiger partial charge in [-0.15, -0.1) is 11.3 Å². The highest BCUT2D eigenvalue weighted by atomic mass is 79.9. The van der Waals surface area contributed by atoms with Crippen LogP contribution in [0.15, 0.2) is 21.2 Å². The zero-order chi connectivity index (χ0) is 9.84. The standard InChI is InChI=1S/C7H6Br2N2OS/c1-4(8)2-10-7(12)5-6(9)11-3-13-5/h3H,1-2H2,(H,10,12). The van der Waals surface area contributed by atoms with Crippen molar-refractivity contribution in [1.82, 2.24) is 10.3 Å². The summed E-state index contributed by atoms with van der Waals surface area (Å²) in [7, 11) is 0. The molecular weight excluding hydrogens is 320 g/mol. The molecule has 1 amide bonds. The summed E-state index contributed by atoms with van der Waals surface area (Å²) in [4.78, 5) is 15.9. The molecule has 1 rings (SSSR count). The second kappa shape index (κ2) is 4.88. The number of carbonyl (C=O) groups is 1. The van der Waals surface area contributed by atoms with Gasteiger partial charge in [0.15, 0.2) is 0 Å². The number of halogens is 2. The number of carbonyl (C=O) groups excluding carboxylic acids is 1. The van der Waals surface area contributed by atoms with E-state index >= 15 is 0 Å². The lowest BCUT2D eigenvalue weighted by Crippen LogP contribution is -2.23. The maximum absolute atomic E-state index is 11.4. The minimum atomic E-state index is -0.144. The fourth-order valence-corrected chi connectivity index (χ4v) is 2.07. The minimum Gasteiger partial charge on any atom is -0.347 e. The molecule has 1 aromatic rings. The van der Waals surface area contributed by atoms with E-state index in [1.807, 2.05) is 0 Å². The van der Waals surface area contributed by atoms with E-state index in [-0.39, 0.29) is 5.91 Å². The van der Waals surface area contributed by atoms with E-state index in [9.17, 15) is 4.79 Å². The molecule has 0 saturated heterocycles. The highest BCUT2D eigenvalue weighted by Gasteiger charge is 2.11. The van der Waals surface area contributed by atoms with Crippen molar-refractivity contribution in [2.24, 2.45) is 0 Å². The van der Waals surface area contributed by atoms with Gasteiger partial charge >= 0.3 is 0 Å². The number of hydrogen-bond donors (Lipinski definition) is 1. The molecule has 3 nitrogen and oxygen atoms in total. The third-order valence-corrected chi connectivity index (χ3v) is 3.14. The average Bonchev–Trinajstić information content (AvgIpc) is 2.47. The van der Waals surface area contributed by atoms with E-state index in [1.165, 1.54) is 11.3 Å². The van der Waals surface area contributed by atoms with E-state index in [1.54, 1.807) is 5.51 Å². The van der Waals surface area contributed by atoms with Gasteiger partial charge in [0.1, 0.15) is 9.48 Å². The summed E-state index contributed by atoms with van der Waals surface area (Å²) >= 11 is 7.62. The van der Waals surface area contributed by atoms with Crippen LogP contribution in [0.3, 0.4) is 0 Å². The second-order valence-electron chi connectivity index (χ2n) is 2.17. The van der Waals surface area contributed by atoms with Crippen LogP contribution < -0.4 is 5.32 Å². The Morgan fingerprint density at radius 3 is 2.92 bits per heavy atom. The van der Waals surface area contributed by atoms with Crippen LogP contribution in [0, 0.1) is 0 Å². The maximum atomic E-state index is 11.4. The van der Waals surface area contributed by atoms with Crippen molar-refractivity contribution in [3.63, 3.8) is 0 Å². The van der Waals surface area contributed by atoms with Crippen LogP contribution in [0.1, 0.15) is 9.67 Å². The van der Waals surface area contributed by atoms with Gasteiger partial charge in [0.05, 0.1) is 5.51 Å². The Balaban J connectivity index is 2.59. The molecule has 1 heterocycles. The topological polar surface area (TPSA) is 42.0 Å². The molecule has 0 aliphatic rings. The van der Waals surface area contributed by atoms with Crippen molar-refractivity contribution in [2.45, 2.75) is 0 Å². The molecule has 6 heteroatoms. The normalized spacial score (nSPS) is 9.69. The van der Waals surface area contributed by atoms with Crippen molar-refractivity contribution in [3.8, 4) is 0 Å². The lowest BCUT2D eigenvalue weighted by molar-refractivity contribution is 0.0961. The molecule has 1 aromatic heterocycles. The second-order valence-corrected chi connectivity index (χ2v) is 4.90. The van der Waals surface area contributed by atoms with Gasteiger partial charge in [-0.25, -0.2) is 4.98 Å². The highest BCUT2D eigenvalue weighted by Crippen LogP contribution is 2.18. The van der Waals surface area contributed by atoms with E-state index in [0.29, 0.717) is 16.0 Å². The lowest BCUT2D eigenvalue weighted by atomic mass is 10.5. The van der Waals surface area contributed by atoms with Crippen molar-refractivity contribution in [1.29, 1.82) is 0 Å². The SMILES string of the molecule is C=C(Br)CNC(=O)c1scnc1Br. The van der Waals surface area contributed by atoms with Crippen molar-refractivity contribution >= 4 is 49.1 Å². The van der Waals surface area contributed by atoms with Gasteiger partial charge in [-0.2, -0.15) is 0 Å². The van der Waals surface area contributed by atoms with E-state index in [2.05, 4.69) is 48.7 Å². The van der Waals surface area contributed by atoms with Gasteiger partial charge in [0.2, 0.25) is 0 Å². The number of hydrogen-bond acceptors (Lipinski definition) is 3. The molecule has 70 valence electrons. The Morgan fingerprint density at radius 1 is 1.77 bits per heavy atom. The Kier molecular flexibility index (Phi) is 4.08. The number of aromatic nitrogens is 1. The fourth-order valence-electron chi connectivity index (χ4n) is 0.636. The molecule has 0 spiro atoms. The van der Waals surface area contributed by atoms with Gasteiger partial charge in [-0.05, 0) is 15.9 Å². The summed E-state index contributed by atoms with van der Waals surface area (Å²) in [5.41, 5.74) is 1.61. The molecule has 0 atom stereocenters. The van der Waals surface area contributed by atoms with E-state index in [4.69, 9.17) is 0 Å². The largest absolute Gasteiger partial charge is 0.347 e. The average molecular weight is 326 g/mol. The maximum Gasteiger partial charge on any atom is 0.264 e. The van der Waals surface area contributed by atoms with Crippen molar-refractivity contribution < 1.29 is 4.79 Å². The smallest absolute Gasteiger partial charge is 0.264 e. The third kappa shape index (κ3) is 3.21. The first-order valence-electron chi connectivity index (χ1n) is 3.31. The zero-order valence-corrected chi connectivity index (χ0v) is 10.5. The summed E-state index contributed by atoms with van der Waals surface area (Å²) in [5.74, 6) is -0.144. The van der Waals surface area contributed by atoms with Crippen LogP contribution in [0.4, 0.5) is 0 Å². The molecule has 0 aliphatic heterocycles. The van der Waals surface area contributed by atoms with Crippen LogP contribution in [-0.2, 0) is 0 Å². The number of rotatable bonds is 3. The van der Waals surface area contributed by atoms with Gasteiger partial charge < -0.3 is 5.32 Å². The predicted octanol–water partition coefficient (Wildman–Crippen LogP) is 2.54. The Hall–Kier alpha value is -0.200. The van der Waals surface area contributed by atoms with Crippen molar-refractivity contribution in [3.05, 3.63) is 26.1 Å². The molecule has 0 fully saturated rings. The predicted molar refractivity (Wildman–Crippen MR) is 60.2 cm³/mol. The number of nitrogens with zero attached hydrogens (tertiary/aromatic N) is 1. The van der Waals surface area contributed by atoms with Gasteiger partial charge in [0, 0.05) is 11.0 Å². The molecule has 0 saturated carbocycles. The molecule has 0 bridgehead atoms. The van der Waals surface area contributed by atoms with Gasteiger partial charge in [-0.1, -0.05) is 22.5 Å². The van der Waals surface area contributed by atoms with Crippen molar-refractivity contribution in [2.75, 3.05) is 6.54 Å². The number of nitrogens with one attached hydrogen (secondary N) is 1. The van der Waals surface area contributed by atoms with Crippen LogP contribution in [-0.4, -0.2) is 17.4 Å². The fraction of sp³-hybridized carbons (Fsp3) is 0.143. The van der Waals surface area contributed by atoms with E-state index in [0.717, 1.165) is 4.48 Å². The first kappa shape index (κ1) is 10.9. The number of amides is 1. The molecule has 0 radical (unpaired) electrons.